The van der Waals surface area contributed by atoms with Gasteiger partial charge in [-0.05, 0) is 32.1 Å². The molecule has 0 radical (unpaired) electrons. The number of methoxy groups -OCH3 is 2. The number of esters is 3. The van der Waals surface area contributed by atoms with Gasteiger partial charge in [-0.3, -0.25) is 9.59 Å². The average Bonchev–Trinajstić information content (AvgIpc) is 2.69. The maximum Gasteiger partial charge on any atom is 0.336 e. The zero-order valence-corrected chi connectivity index (χ0v) is 18.4. The quantitative estimate of drug-likeness (QED) is 0.519. The Morgan fingerprint density at radius 3 is 1.83 bits per heavy atom. The van der Waals surface area contributed by atoms with Crippen molar-refractivity contribution in [3.05, 3.63) is 22.5 Å². The molecule has 2 rings (SSSR count). The summed E-state index contributed by atoms with van der Waals surface area (Å²) in [6.07, 6.45) is 1.04. The Bertz CT molecular complexity index is 751. The number of nitrogens with zero attached hydrogens (tertiary/aromatic N) is 1. The van der Waals surface area contributed by atoms with E-state index in [2.05, 4.69) is 19.2 Å². The summed E-state index contributed by atoms with van der Waals surface area (Å²) in [6.45, 7) is 8.06. The number of likely N-dealkylation sites (tertiary alicyclic amines) is 1. The molecule has 1 fully saturated rings. The molecule has 2 aliphatic rings. The van der Waals surface area contributed by atoms with Gasteiger partial charge in [-0.15, -0.1) is 0 Å². The van der Waals surface area contributed by atoms with E-state index in [1.54, 1.807) is 18.7 Å². The molecule has 0 spiro atoms. The van der Waals surface area contributed by atoms with Crippen molar-refractivity contribution in [3.63, 3.8) is 0 Å². The van der Waals surface area contributed by atoms with E-state index in [-0.39, 0.29) is 17.1 Å². The zero-order chi connectivity index (χ0) is 22.6. The van der Waals surface area contributed by atoms with E-state index in [1.165, 1.54) is 14.2 Å². The van der Waals surface area contributed by atoms with Crippen molar-refractivity contribution in [1.82, 2.24) is 10.2 Å². The number of carbonyl (C=O) groups is 4. The van der Waals surface area contributed by atoms with Crippen LogP contribution >= 0.6 is 0 Å². The van der Waals surface area contributed by atoms with E-state index in [9.17, 15) is 19.2 Å². The Morgan fingerprint density at radius 2 is 1.40 bits per heavy atom. The summed E-state index contributed by atoms with van der Waals surface area (Å²) in [6, 6.07) is 0. The van der Waals surface area contributed by atoms with Crippen LogP contribution in [0.1, 0.15) is 34.1 Å². The zero-order valence-electron chi connectivity index (χ0n) is 18.4. The first-order valence-electron chi connectivity index (χ1n) is 9.90. The molecule has 166 valence electrons. The molecule has 0 unspecified atom stereocenters. The van der Waals surface area contributed by atoms with Crippen LogP contribution in [0.25, 0.3) is 0 Å². The number of allylic oxidation sites excluding steroid dienone is 2. The van der Waals surface area contributed by atoms with Crippen molar-refractivity contribution >= 4 is 23.8 Å². The molecule has 2 atom stereocenters. The van der Waals surface area contributed by atoms with Crippen molar-refractivity contribution in [2.24, 2.45) is 17.8 Å². The van der Waals surface area contributed by atoms with Crippen LogP contribution in [-0.4, -0.2) is 62.6 Å². The van der Waals surface area contributed by atoms with Gasteiger partial charge in [-0.1, -0.05) is 13.8 Å². The summed E-state index contributed by atoms with van der Waals surface area (Å²) >= 11 is 0. The van der Waals surface area contributed by atoms with Crippen molar-refractivity contribution in [3.8, 4) is 0 Å². The van der Waals surface area contributed by atoms with Crippen LogP contribution in [-0.2, 0) is 33.4 Å². The SMILES string of the molecule is COC(=O)C1=C(C)NC(C)=C(C(=O)OC)C1C(=O)OCC(=O)N1C[C@@H](C)C[C@H](C)C1. The molecule has 9 nitrogen and oxygen atoms in total. The number of amides is 1. The third kappa shape index (κ3) is 5.01. The smallest absolute Gasteiger partial charge is 0.336 e. The number of nitrogens with one attached hydrogen (secondary N) is 1. The number of hydrogen-bond donors (Lipinski definition) is 1. The summed E-state index contributed by atoms with van der Waals surface area (Å²) in [5.74, 6) is -3.37. The lowest BCUT2D eigenvalue weighted by Crippen LogP contribution is -2.45. The molecule has 0 aromatic carbocycles. The summed E-state index contributed by atoms with van der Waals surface area (Å²) in [5, 5.41) is 2.90. The molecule has 0 aromatic rings. The summed E-state index contributed by atoms with van der Waals surface area (Å²) < 4.78 is 14.8. The number of piperidine rings is 1. The van der Waals surface area contributed by atoms with Crippen LogP contribution in [0.3, 0.4) is 0 Å². The lowest BCUT2D eigenvalue weighted by Gasteiger charge is -2.35. The van der Waals surface area contributed by atoms with Gasteiger partial charge >= 0.3 is 17.9 Å². The van der Waals surface area contributed by atoms with Crippen LogP contribution in [0.5, 0.6) is 0 Å². The molecule has 0 bridgehead atoms. The van der Waals surface area contributed by atoms with E-state index in [1.807, 2.05) is 0 Å². The average molecular weight is 422 g/mol. The number of hydrogen-bond acceptors (Lipinski definition) is 8. The first-order chi connectivity index (χ1) is 14.1. The first kappa shape index (κ1) is 23.4. The van der Waals surface area contributed by atoms with E-state index >= 15 is 0 Å². The third-order valence-corrected chi connectivity index (χ3v) is 5.37. The van der Waals surface area contributed by atoms with Gasteiger partial charge in [0.2, 0.25) is 0 Å². The summed E-state index contributed by atoms with van der Waals surface area (Å²) in [7, 11) is 2.35. The Kier molecular flexibility index (Phi) is 7.64. The van der Waals surface area contributed by atoms with Crippen molar-refractivity contribution < 1.29 is 33.4 Å². The number of carbonyl (C=O) groups excluding carboxylic acids is 4. The molecule has 2 aliphatic heterocycles. The van der Waals surface area contributed by atoms with Crippen LogP contribution in [0.2, 0.25) is 0 Å². The fourth-order valence-corrected chi connectivity index (χ4v) is 4.16. The number of ether oxygens (including phenoxy) is 3. The number of rotatable bonds is 5. The second kappa shape index (κ2) is 9.77. The number of dihydropyridines is 1. The Balaban J connectivity index is 2.23. The van der Waals surface area contributed by atoms with E-state index in [4.69, 9.17) is 14.2 Å². The first-order valence-corrected chi connectivity index (χ1v) is 9.90. The molecule has 2 heterocycles. The van der Waals surface area contributed by atoms with Gasteiger partial charge in [-0.2, -0.15) is 0 Å². The van der Waals surface area contributed by atoms with E-state index in [0.29, 0.717) is 36.3 Å². The largest absolute Gasteiger partial charge is 0.466 e. The Labute approximate surface area is 176 Å². The van der Waals surface area contributed by atoms with Crippen molar-refractivity contribution in [1.29, 1.82) is 0 Å². The molecule has 0 aromatic heterocycles. The van der Waals surface area contributed by atoms with Gasteiger partial charge in [0, 0.05) is 24.5 Å². The molecule has 1 amide bonds. The maximum atomic E-state index is 13.0. The van der Waals surface area contributed by atoms with Gasteiger partial charge in [0.25, 0.3) is 5.91 Å². The minimum absolute atomic E-state index is 0.0545. The maximum absolute atomic E-state index is 13.0. The Morgan fingerprint density at radius 1 is 0.933 bits per heavy atom. The second-order valence-electron chi connectivity index (χ2n) is 7.97. The van der Waals surface area contributed by atoms with Gasteiger partial charge < -0.3 is 24.4 Å². The van der Waals surface area contributed by atoms with E-state index in [0.717, 1.165) is 6.42 Å². The highest BCUT2D eigenvalue weighted by atomic mass is 16.5. The van der Waals surface area contributed by atoms with E-state index < -0.39 is 30.4 Å². The van der Waals surface area contributed by atoms with Gasteiger partial charge in [-0.25, -0.2) is 9.59 Å². The summed E-state index contributed by atoms with van der Waals surface area (Å²) in [4.78, 5) is 51.9. The molecule has 9 heteroatoms. The fourth-order valence-electron chi connectivity index (χ4n) is 4.16. The lowest BCUT2D eigenvalue weighted by molar-refractivity contribution is -0.156. The highest BCUT2D eigenvalue weighted by Gasteiger charge is 2.42. The molecular weight excluding hydrogens is 392 g/mol. The normalized spacial score (nSPS) is 22.4. The second-order valence-corrected chi connectivity index (χ2v) is 7.97. The van der Waals surface area contributed by atoms with Gasteiger partial charge in [0.05, 0.1) is 25.4 Å². The molecular formula is C21H30N2O7. The van der Waals surface area contributed by atoms with Crippen LogP contribution in [0.4, 0.5) is 0 Å². The predicted octanol–water partition coefficient (Wildman–Crippen LogP) is 1.15. The monoisotopic (exact) mass is 422 g/mol. The summed E-state index contributed by atoms with van der Waals surface area (Å²) in [5.41, 5.74) is 0.611. The van der Waals surface area contributed by atoms with Gasteiger partial charge in [0.1, 0.15) is 5.92 Å². The fraction of sp³-hybridized carbons (Fsp3) is 0.619. The minimum atomic E-state index is -1.35. The predicted molar refractivity (Wildman–Crippen MR) is 107 cm³/mol. The molecule has 0 aliphatic carbocycles. The van der Waals surface area contributed by atoms with Crippen LogP contribution in [0, 0.1) is 17.8 Å². The van der Waals surface area contributed by atoms with Gasteiger partial charge in [0.15, 0.2) is 6.61 Å². The van der Waals surface area contributed by atoms with Crippen molar-refractivity contribution in [2.75, 3.05) is 33.9 Å². The topological polar surface area (TPSA) is 111 Å². The van der Waals surface area contributed by atoms with Crippen LogP contribution in [0.15, 0.2) is 22.5 Å². The van der Waals surface area contributed by atoms with Crippen molar-refractivity contribution in [2.45, 2.75) is 34.1 Å². The minimum Gasteiger partial charge on any atom is -0.466 e. The molecule has 0 saturated carbocycles. The molecule has 1 N–H and O–H groups in total. The highest BCUT2D eigenvalue weighted by Crippen LogP contribution is 2.32. The lowest BCUT2D eigenvalue weighted by atomic mass is 9.85. The third-order valence-electron chi connectivity index (χ3n) is 5.37. The molecule has 1 saturated heterocycles. The molecule has 30 heavy (non-hydrogen) atoms. The highest BCUT2D eigenvalue weighted by molar-refractivity contribution is 6.05. The Hall–Kier alpha value is -2.84. The standard InChI is InChI=1S/C21H30N2O7/c1-11-7-12(2)9-23(8-11)15(24)10-30-21(27)18-16(19(25)28-5)13(3)22-14(4)17(18)20(26)29-6/h11-12,18,22H,7-10H2,1-6H3/t11-,12-/m0/s1. The van der Waals surface area contributed by atoms with Crippen LogP contribution < -0.4 is 5.32 Å².